The molecule has 2 N–H and O–H groups in total. The molecule has 106 valence electrons. The zero-order valence-corrected chi connectivity index (χ0v) is 12.4. The van der Waals surface area contributed by atoms with Gasteiger partial charge in [0.1, 0.15) is 10.7 Å². The quantitative estimate of drug-likeness (QED) is 0.895. The molecule has 1 amide bonds. The Kier molecular flexibility index (Phi) is 4.90. The molecule has 0 aromatic carbocycles. The molecule has 0 bridgehead atoms. The van der Waals surface area contributed by atoms with E-state index in [9.17, 15) is 4.79 Å². The van der Waals surface area contributed by atoms with Crippen LogP contribution in [0.2, 0.25) is 0 Å². The van der Waals surface area contributed by atoms with Gasteiger partial charge in [-0.15, -0.1) is 11.3 Å². The van der Waals surface area contributed by atoms with E-state index in [4.69, 9.17) is 5.73 Å². The topological polar surface area (TPSA) is 62.5 Å². The van der Waals surface area contributed by atoms with Crippen LogP contribution in [0.25, 0.3) is 0 Å². The molecule has 1 aliphatic heterocycles. The Morgan fingerprint density at radius 2 is 2.47 bits per heavy atom. The SMILES string of the molecule is CN1CCCC(CN(C)C(=O)c2csc(CN)n2)C1. The minimum Gasteiger partial charge on any atom is -0.340 e. The zero-order chi connectivity index (χ0) is 13.8. The number of piperidine rings is 1. The van der Waals surface area contributed by atoms with Crippen molar-refractivity contribution in [1.29, 1.82) is 0 Å². The molecule has 0 radical (unpaired) electrons. The summed E-state index contributed by atoms with van der Waals surface area (Å²) in [4.78, 5) is 20.6. The van der Waals surface area contributed by atoms with Crippen LogP contribution in [0.5, 0.6) is 0 Å². The van der Waals surface area contributed by atoms with E-state index in [-0.39, 0.29) is 5.91 Å². The third kappa shape index (κ3) is 3.75. The molecule has 1 saturated heterocycles. The summed E-state index contributed by atoms with van der Waals surface area (Å²) in [5.41, 5.74) is 6.05. The van der Waals surface area contributed by atoms with Crippen molar-refractivity contribution in [2.45, 2.75) is 19.4 Å². The van der Waals surface area contributed by atoms with Crippen LogP contribution in [0.3, 0.4) is 0 Å². The summed E-state index contributed by atoms with van der Waals surface area (Å²) in [6.07, 6.45) is 2.42. The zero-order valence-electron chi connectivity index (χ0n) is 11.6. The highest BCUT2D eigenvalue weighted by Crippen LogP contribution is 2.17. The first kappa shape index (κ1) is 14.4. The lowest BCUT2D eigenvalue weighted by Gasteiger charge is -2.32. The van der Waals surface area contributed by atoms with Gasteiger partial charge in [0.2, 0.25) is 0 Å². The first-order chi connectivity index (χ1) is 9.10. The van der Waals surface area contributed by atoms with Crippen LogP contribution in [-0.2, 0) is 6.54 Å². The van der Waals surface area contributed by atoms with E-state index >= 15 is 0 Å². The van der Waals surface area contributed by atoms with E-state index in [1.54, 1.807) is 10.3 Å². The number of hydrogen-bond acceptors (Lipinski definition) is 5. The van der Waals surface area contributed by atoms with E-state index in [0.29, 0.717) is 18.2 Å². The number of likely N-dealkylation sites (tertiary alicyclic amines) is 1. The van der Waals surface area contributed by atoms with Gasteiger partial charge in [0.05, 0.1) is 0 Å². The Hall–Kier alpha value is -0.980. The van der Waals surface area contributed by atoms with E-state index in [1.807, 2.05) is 7.05 Å². The van der Waals surface area contributed by atoms with Crippen molar-refractivity contribution in [3.63, 3.8) is 0 Å². The minimum absolute atomic E-state index is 0.00387. The van der Waals surface area contributed by atoms with Crippen molar-refractivity contribution in [3.8, 4) is 0 Å². The average molecular weight is 282 g/mol. The van der Waals surface area contributed by atoms with Crippen LogP contribution < -0.4 is 5.73 Å². The number of carbonyl (C=O) groups excluding carboxylic acids is 1. The van der Waals surface area contributed by atoms with Gasteiger partial charge in [-0.3, -0.25) is 4.79 Å². The predicted molar refractivity (Wildman–Crippen MR) is 77.2 cm³/mol. The summed E-state index contributed by atoms with van der Waals surface area (Å²) in [6, 6.07) is 0. The van der Waals surface area contributed by atoms with Crippen molar-refractivity contribution in [1.82, 2.24) is 14.8 Å². The fraction of sp³-hybridized carbons (Fsp3) is 0.692. The summed E-state index contributed by atoms with van der Waals surface area (Å²) in [5, 5.41) is 2.61. The number of aromatic nitrogens is 1. The molecule has 2 heterocycles. The van der Waals surface area contributed by atoms with Gasteiger partial charge in [-0.1, -0.05) is 0 Å². The highest BCUT2D eigenvalue weighted by molar-refractivity contribution is 7.09. The number of amides is 1. The van der Waals surface area contributed by atoms with Gasteiger partial charge in [0.25, 0.3) is 5.91 Å². The number of carbonyl (C=O) groups is 1. The monoisotopic (exact) mass is 282 g/mol. The van der Waals surface area contributed by atoms with Gasteiger partial charge in [0, 0.05) is 32.1 Å². The number of nitrogens with zero attached hydrogens (tertiary/aromatic N) is 3. The van der Waals surface area contributed by atoms with E-state index < -0.39 is 0 Å². The summed E-state index contributed by atoms with van der Waals surface area (Å²) in [6.45, 7) is 3.44. The van der Waals surface area contributed by atoms with Gasteiger partial charge >= 0.3 is 0 Å². The molecule has 1 aromatic heterocycles. The standard InChI is InChI=1S/C13H22N4OS/c1-16-5-3-4-10(7-16)8-17(2)13(18)11-9-19-12(6-14)15-11/h9-10H,3-8,14H2,1-2H3. The lowest BCUT2D eigenvalue weighted by molar-refractivity contribution is 0.0736. The highest BCUT2D eigenvalue weighted by Gasteiger charge is 2.22. The molecule has 1 unspecified atom stereocenters. The molecule has 1 atom stereocenters. The van der Waals surface area contributed by atoms with Gasteiger partial charge in [0.15, 0.2) is 0 Å². The fourth-order valence-electron chi connectivity index (χ4n) is 2.59. The van der Waals surface area contributed by atoms with Gasteiger partial charge in [-0.25, -0.2) is 4.98 Å². The fourth-order valence-corrected chi connectivity index (χ4v) is 3.24. The van der Waals surface area contributed by atoms with Crippen LogP contribution in [0, 0.1) is 5.92 Å². The van der Waals surface area contributed by atoms with Crippen LogP contribution in [0.15, 0.2) is 5.38 Å². The third-order valence-corrected chi connectivity index (χ3v) is 4.42. The maximum absolute atomic E-state index is 12.2. The number of nitrogens with two attached hydrogens (primary N) is 1. The second kappa shape index (κ2) is 6.45. The summed E-state index contributed by atoms with van der Waals surface area (Å²) in [5.74, 6) is 0.574. The lowest BCUT2D eigenvalue weighted by Crippen LogP contribution is -2.40. The van der Waals surface area contributed by atoms with E-state index in [1.165, 1.54) is 30.7 Å². The Bertz CT molecular complexity index is 434. The summed E-state index contributed by atoms with van der Waals surface area (Å²) < 4.78 is 0. The molecule has 19 heavy (non-hydrogen) atoms. The predicted octanol–water partition coefficient (Wildman–Crippen LogP) is 1.02. The largest absolute Gasteiger partial charge is 0.340 e. The summed E-state index contributed by atoms with van der Waals surface area (Å²) >= 11 is 1.45. The molecular weight excluding hydrogens is 260 g/mol. The average Bonchev–Trinajstić information content (AvgIpc) is 2.86. The first-order valence-electron chi connectivity index (χ1n) is 6.68. The van der Waals surface area contributed by atoms with E-state index in [0.717, 1.165) is 18.1 Å². The molecule has 0 spiro atoms. The van der Waals surface area contributed by atoms with Crippen molar-refractivity contribution < 1.29 is 4.79 Å². The maximum atomic E-state index is 12.2. The molecule has 0 aliphatic carbocycles. The molecular formula is C13H22N4OS. The van der Waals surface area contributed by atoms with Crippen LogP contribution >= 0.6 is 11.3 Å². The molecule has 5 nitrogen and oxygen atoms in total. The molecule has 0 saturated carbocycles. The van der Waals surface area contributed by atoms with Crippen molar-refractivity contribution in [2.75, 3.05) is 33.7 Å². The van der Waals surface area contributed by atoms with Crippen LogP contribution in [0.1, 0.15) is 28.3 Å². The number of hydrogen-bond donors (Lipinski definition) is 1. The Balaban J connectivity index is 1.91. The Morgan fingerprint density at radius 3 is 3.11 bits per heavy atom. The van der Waals surface area contributed by atoms with Crippen molar-refractivity contribution in [2.24, 2.45) is 11.7 Å². The maximum Gasteiger partial charge on any atom is 0.273 e. The van der Waals surface area contributed by atoms with Crippen molar-refractivity contribution in [3.05, 3.63) is 16.1 Å². The number of rotatable bonds is 4. The Labute approximate surface area is 118 Å². The smallest absolute Gasteiger partial charge is 0.273 e. The van der Waals surface area contributed by atoms with Crippen molar-refractivity contribution >= 4 is 17.2 Å². The van der Waals surface area contributed by atoms with Crippen LogP contribution in [0.4, 0.5) is 0 Å². The van der Waals surface area contributed by atoms with Gasteiger partial charge in [-0.05, 0) is 32.4 Å². The van der Waals surface area contributed by atoms with E-state index in [2.05, 4.69) is 16.9 Å². The molecule has 1 aliphatic rings. The third-order valence-electron chi connectivity index (χ3n) is 3.55. The van der Waals surface area contributed by atoms with Gasteiger partial charge in [-0.2, -0.15) is 0 Å². The molecule has 1 aromatic rings. The molecule has 1 fully saturated rings. The van der Waals surface area contributed by atoms with Gasteiger partial charge < -0.3 is 15.5 Å². The first-order valence-corrected chi connectivity index (χ1v) is 7.56. The molecule has 2 rings (SSSR count). The highest BCUT2D eigenvalue weighted by atomic mass is 32.1. The summed E-state index contributed by atoms with van der Waals surface area (Å²) in [7, 11) is 4.00. The second-order valence-electron chi connectivity index (χ2n) is 5.29. The normalized spacial score (nSPS) is 20.5. The second-order valence-corrected chi connectivity index (χ2v) is 6.23. The minimum atomic E-state index is 0.00387. The molecule has 6 heteroatoms. The van der Waals surface area contributed by atoms with Crippen LogP contribution in [-0.4, -0.2) is 54.4 Å². The Morgan fingerprint density at radius 1 is 1.68 bits per heavy atom. The lowest BCUT2D eigenvalue weighted by atomic mass is 9.98. The number of thiazole rings is 1.